The van der Waals surface area contributed by atoms with Crippen molar-refractivity contribution in [1.82, 2.24) is 0 Å². The van der Waals surface area contributed by atoms with Crippen molar-refractivity contribution in [2.45, 2.75) is 19.8 Å². The van der Waals surface area contributed by atoms with Gasteiger partial charge in [-0.05, 0) is 83.2 Å². The predicted molar refractivity (Wildman–Crippen MR) is 135 cm³/mol. The molecule has 0 aromatic heterocycles. The standard InChI is InChI=1S/C30H18O4/c1-14(31)23(30(33)34-15(2)32)22-13-20-10-9-18-6-4-16-3-5-17-7-8-19-11-12-21(22)29-27(19)25(17)24(16)26(18)28(20)29/h3-13,23H,1-2H3. The smallest absolute Gasteiger partial charge is 0.328 e. The van der Waals surface area contributed by atoms with E-state index in [1.807, 2.05) is 24.3 Å². The highest BCUT2D eigenvalue weighted by Gasteiger charge is 2.32. The highest BCUT2D eigenvalue weighted by atomic mass is 16.6. The van der Waals surface area contributed by atoms with Gasteiger partial charge in [-0.2, -0.15) is 0 Å². The van der Waals surface area contributed by atoms with Gasteiger partial charge in [0, 0.05) is 6.92 Å². The Morgan fingerprint density at radius 1 is 0.588 bits per heavy atom. The van der Waals surface area contributed by atoms with Crippen LogP contribution in [0.2, 0.25) is 0 Å². The van der Waals surface area contributed by atoms with E-state index in [1.54, 1.807) is 0 Å². The van der Waals surface area contributed by atoms with E-state index in [2.05, 4.69) is 42.5 Å². The van der Waals surface area contributed by atoms with Crippen LogP contribution in [-0.4, -0.2) is 17.7 Å². The van der Waals surface area contributed by atoms with E-state index >= 15 is 0 Å². The Hall–Kier alpha value is -4.31. The number of ether oxygens (including phenoxy) is 1. The second-order valence-electron chi connectivity index (χ2n) is 9.16. The summed E-state index contributed by atoms with van der Waals surface area (Å²) in [5, 5.41) is 13.4. The number of hydrogen-bond acceptors (Lipinski definition) is 4. The normalized spacial score (nSPS) is 13.2. The fraction of sp³-hybridized carbons (Fsp3) is 0.100. The van der Waals surface area contributed by atoms with Crippen LogP contribution in [0.5, 0.6) is 0 Å². The molecule has 7 rings (SSSR count). The summed E-state index contributed by atoms with van der Waals surface area (Å²) in [5.41, 5.74) is 0.575. The maximum atomic E-state index is 12.9. The molecule has 34 heavy (non-hydrogen) atoms. The molecule has 7 aromatic rings. The summed E-state index contributed by atoms with van der Waals surface area (Å²) in [4.78, 5) is 37.1. The minimum atomic E-state index is -1.17. The van der Waals surface area contributed by atoms with Crippen molar-refractivity contribution in [3.63, 3.8) is 0 Å². The number of Topliss-reactive ketones (excluding diaryl/α,β-unsaturated/α-hetero) is 1. The molecular weight excluding hydrogens is 424 g/mol. The molecule has 0 saturated carbocycles. The van der Waals surface area contributed by atoms with Crippen molar-refractivity contribution in [2.24, 2.45) is 0 Å². The van der Waals surface area contributed by atoms with Crippen LogP contribution in [-0.2, 0) is 19.1 Å². The van der Waals surface area contributed by atoms with Crippen LogP contribution < -0.4 is 0 Å². The van der Waals surface area contributed by atoms with Gasteiger partial charge in [0.05, 0.1) is 0 Å². The van der Waals surface area contributed by atoms with E-state index in [9.17, 15) is 14.4 Å². The number of hydrogen-bond donors (Lipinski definition) is 0. The van der Waals surface area contributed by atoms with Crippen LogP contribution in [0.15, 0.2) is 66.7 Å². The van der Waals surface area contributed by atoms with Crippen LogP contribution in [0.4, 0.5) is 0 Å². The number of benzene rings is 7. The average molecular weight is 442 g/mol. The van der Waals surface area contributed by atoms with Crippen molar-refractivity contribution in [3.05, 3.63) is 72.3 Å². The fourth-order valence-corrected chi connectivity index (χ4v) is 5.97. The van der Waals surface area contributed by atoms with E-state index in [1.165, 1.54) is 35.4 Å². The molecule has 1 unspecified atom stereocenters. The zero-order valence-electron chi connectivity index (χ0n) is 18.6. The van der Waals surface area contributed by atoms with Gasteiger partial charge in [0.2, 0.25) is 0 Å². The molecule has 162 valence electrons. The van der Waals surface area contributed by atoms with E-state index in [0.717, 1.165) is 43.1 Å². The second kappa shape index (κ2) is 6.39. The number of rotatable bonds is 3. The lowest BCUT2D eigenvalue weighted by molar-refractivity contribution is -0.159. The van der Waals surface area contributed by atoms with Crippen molar-refractivity contribution >= 4 is 82.4 Å². The van der Waals surface area contributed by atoms with Crippen molar-refractivity contribution in [3.8, 4) is 0 Å². The molecule has 0 amide bonds. The molecular formula is C30H18O4. The largest absolute Gasteiger partial charge is 0.393 e. The Bertz CT molecular complexity index is 1910. The van der Waals surface area contributed by atoms with Gasteiger partial charge < -0.3 is 4.74 Å². The van der Waals surface area contributed by atoms with Gasteiger partial charge in [0.25, 0.3) is 0 Å². The third kappa shape index (κ3) is 2.30. The molecule has 0 aliphatic heterocycles. The number of carbonyl (C=O) groups excluding carboxylic acids is 3. The minimum absolute atomic E-state index is 0.356. The Kier molecular flexibility index (Phi) is 3.60. The molecule has 4 heteroatoms. The topological polar surface area (TPSA) is 60.4 Å². The van der Waals surface area contributed by atoms with Gasteiger partial charge in [-0.15, -0.1) is 0 Å². The molecule has 4 nitrogen and oxygen atoms in total. The highest BCUT2D eigenvalue weighted by molar-refractivity contribution is 6.45. The zero-order chi connectivity index (χ0) is 23.3. The van der Waals surface area contributed by atoms with E-state index in [4.69, 9.17) is 4.74 Å². The molecule has 0 bridgehead atoms. The Morgan fingerprint density at radius 3 is 1.47 bits per heavy atom. The molecule has 0 spiro atoms. The average Bonchev–Trinajstić information content (AvgIpc) is 2.81. The fourth-order valence-electron chi connectivity index (χ4n) is 5.97. The lowest BCUT2D eigenvalue weighted by Crippen LogP contribution is -2.24. The molecule has 0 N–H and O–H groups in total. The van der Waals surface area contributed by atoms with Crippen molar-refractivity contribution in [2.75, 3.05) is 0 Å². The first-order valence-corrected chi connectivity index (χ1v) is 11.3. The molecule has 7 aromatic carbocycles. The number of esters is 2. The van der Waals surface area contributed by atoms with Gasteiger partial charge in [0.1, 0.15) is 11.7 Å². The summed E-state index contributed by atoms with van der Waals surface area (Å²) in [7, 11) is 0. The van der Waals surface area contributed by atoms with Crippen LogP contribution >= 0.6 is 0 Å². The predicted octanol–water partition coefficient (Wildman–Crippen LogP) is 6.68. The van der Waals surface area contributed by atoms with Crippen LogP contribution in [0.1, 0.15) is 25.3 Å². The summed E-state index contributed by atoms with van der Waals surface area (Å²) in [6, 6.07) is 23.0. The maximum absolute atomic E-state index is 12.9. The van der Waals surface area contributed by atoms with Gasteiger partial charge in [-0.1, -0.05) is 60.7 Å². The van der Waals surface area contributed by atoms with E-state index < -0.39 is 17.9 Å². The quantitative estimate of drug-likeness (QED) is 0.133. The molecule has 0 aliphatic rings. The van der Waals surface area contributed by atoms with Gasteiger partial charge >= 0.3 is 11.9 Å². The lowest BCUT2D eigenvalue weighted by atomic mass is 9.80. The maximum Gasteiger partial charge on any atom is 0.328 e. The molecule has 0 fully saturated rings. The number of carbonyl (C=O) groups is 3. The first kappa shape index (κ1) is 19.2. The summed E-state index contributed by atoms with van der Waals surface area (Å²) < 4.78 is 4.89. The van der Waals surface area contributed by atoms with Gasteiger partial charge in [-0.3, -0.25) is 14.4 Å². The first-order chi connectivity index (χ1) is 16.4. The SMILES string of the molecule is CC(=O)OC(=O)C(C(C)=O)c1cc2ccc3ccc4ccc5ccc6ccc1c1c6c5c4c3c21. The first-order valence-electron chi connectivity index (χ1n) is 11.3. The molecule has 1 atom stereocenters. The molecule has 0 aliphatic carbocycles. The van der Waals surface area contributed by atoms with Crippen molar-refractivity contribution < 1.29 is 19.1 Å². The summed E-state index contributed by atoms with van der Waals surface area (Å²) in [5.74, 6) is -3.09. The monoisotopic (exact) mass is 442 g/mol. The molecule has 0 heterocycles. The van der Waals surface area contributed by atoms with Crippen LogP contribution in [0.25, 0.3) is 64.6 Å². The summed E-state index contributed by atoms with van der Waals surface area (Å²) in [6.07, 6.45) is 0. The Balaban J connectivity index is 1.75. The second-order valence-corrected chi connectivity index (χ2v) is 9.16. The van der Waals surface area contributed by atoms with Crippen LogP contribution in [0, 0.1) is 0 Å². The summed E-state index contributed by atoms with van der Waals surface area (Å²) >= 11 is 0. The van der Waals surface area contributed by atoms with Crippen LogP contribution in [0.3, 0.4) is 0 Å². The third-order valence-corrected chi connectivity index (χ3v) is 7.23. The Morgan fingerprint density at radius 2 is 1.00 bits per heavy atom. The van der Waals surface area contributed by atoms with E-state index in [-0.39, 0.29) is 5.78 Å². The van der Waals surface area contributed by atoms with Crippen molar-refractivity contribution in [1.29, 1.82) is 0 Å². The van der Waals surface area contributed by atoms with Gasteiger partial charge in [-0.25, -0.2) is 0 Å². The minimum Gasteiger partial charge on any atom is -0.393 e. The molecule has 0 saturated heterocycles. The summed E-state index contributed by atoms with van der Waals surface area (Å²) in [6.45, 7) is 2.54. The van der Waals surface area contributed by atoms with E-state index in [0.29, 0.717) is 5.56 Å². The third-order valence-electron chi connectivity index (χ3n) is 7.23. The molecule has 0 radical (unpaired) electrons. The zero-order valence-corrected chi connectivity index (χ0v) is 18.6. The number of ketones is 1. The lowest BCUT2D eigenvalue weighted by Gasteiger charge is -2.23. The van der Waals surface area contributed by atoms with Gasteiger partial charge in [0.15, 0.2) is 0 Å². The highest BCUT2D eigenvalue weighted by Crippen LogP contribution is 2.49. The Labute approximate surface area is 193 Å².